The van der Waals surface area contributed by atoms with Crippen LogP contribution < -0.4 is 0 Å². The maximum absolute atomic E-state index is 9.92. The fourth-order valence-electron chi connectivity index (χ4n) is 5.57. The van der Waals surface area contributed by atoms with E-state index in [2.05, 4.69) is 98.1 Å². The number of rotatable bonds is 4. The lowest BCUT2D eigenvalue weighted by atomic mass is 9.95. The van der Waals surface area contributed by atoms with Crippen molar-refractivity contribution in [2.24, 2.45) is 0 Å². The van der Waals surface area contributed by atoms with E-state index in [-0.39, 0.29) is 5.41 Å². The Hall–Kier alpha value is -5.60. The van der Waals surface area contributed by atoms with E-state index in [1.165, 1.54) is 5.56 Å². The zero-order valence-electron chi connectivity index (χ0n) is 24.3. The minimum Gasteiger partial charge on any atom is -0.308 e. The van der Waals surface area contributed by atoms with Crippen LogP contribution in [0.1, 0.15) is 32.2 Å². The van der Waals surface area contributed by atoms with E-state index >= 15 is 0 Å². The summed E-state index contributed by atoms with van der Waals surface area (Å²) in [6.07, 6.45) is 0. The predicted molar refractivity (Wildman–Crippen MR) is 174 cm³/mol. The van der Waals surface area contributed by atoms with Crippen molar-refractivity contribution in [3.05, 3.63) is 133 Å². The lowest BCUT2D eigenvalue weighted by Gasteiger charge is -2.19. The van der Waals surface area contributed by atoms with Gasteiger partial charge in [0.2, 0.25) is 0 Å². The topological polar surface area (TPSA) is 67.4 Å². The molecule has 0 aliphatic carbocycles. The summed E-state index contributed by atoms with van der Waals surface area (Å²) in [6, 6.07) is 43.6. The van der Waals surface area contributed by atoms with Gasteiger partial charge in [-0.1, -0.05) is 106 Å². The molecule has 0 spiro atoms. The molecule has 0 bridgehead atoms. The lowest BCUT2D eigenvalue weighted by molar-refractivity contribution is 0.543. The number of fused-ring (bicyclic) bond motifs is 3. The number of hydrogen-bond donors (Lipinski definition) is 0. The van der Waals surface area contributed by atoms with Gasteiger partial charge in [0, 0.05) is 27.3 Å². The first-order valence-electron chi connectivity index (χ1n) is 14.4. The predicted octanol–water partition coefficient (Wildman–Crippen LogP) is 9.14. The molecule has 5 nitrogen and oxygen atoms in total. The third kappa shape index (κ3) is 4.73. The first-order chi connectivity index (χ1) is 20.9. The van der Waals surface area contributed by atoms with Crippen LogP contribution in [-0.4, -0.2) is 19.5 Å². The molecule has 2 heterocycles. The smallest absolute Gasteiger partial charge is 0.165 e. The highest BCUT2D eigenvalue weighted by Gasteiger charge is 2.24. The van der Waals surface area contributed by atoms with E-state index in [0.29, 0.717) is 23.0 Å². The Labute approximate surface area is 250 Å². The van der Waals surface area contributed by atoms with Gasteiger partial charge in [-0.3, -0.25) is 0 Å². The molecule has 7 aromatic rings. The second-order valence-electron chi connectivity index (χ2n) is 11.7. The van der Waals surface area contributed by atoms with Crippen molar-refractivity contribution in [2.75, 3.05) is 0 Å². The molecular weight excluding hydrogens is 526 g/mol. The minimum atomic E-state index is -0.311. The van der Waals surface area contributed by atoms with Gasteiger partial charge in [-0.25, -0.2) is 15.0 Å². The third-order valence-electron chi connectivity index (χ3n) is 7.73. The van der Waals surface area contributed by atoms with Crippen molar-refractivity contribution in [1.29, 1.82) is 5.26 Å². The Morgan fingerprint density at radius 2 is 1.23 bits per heavy atom. The highest BCUT2D eigenvalue weighted by atomic mass is 15.1. The molecule has 5 heteroatoms. The average Bonchev–Trinajstić information content (AvgIpc) is 3.38. The second kappa shape index (κ2) is 10.3. The van der Waals surface area contributed by atoms with Crippen molar-refractivity contribution < 1.29 is 0 Å². The maximum atomic E-state index is 9.92. The molecule has 0 unspecified atom stereocenters. The standard InChI is InChI=1S/C38H29N5/c1-38(2,3)37-41-35(27-14-8-5-9-15-27)40-36(42-37)31-22-25(24-39)18-20-34(31)43-32-17-11-10-16-29(32)30-23-28(19-21-33(30)43)26-12-6-4-7-13-26/h4-23H,1-3H3. The van der Waals surface area contributed by atoms with Gasteiger partial charge in [0.15, 0.2) is 11.6 Å². The number of benzene rings is 5. The molecule has 0 saturated carbocycles. The van der Waals surface area contributed by atoms with Gasteiger partial charge in [-0.2, -0.15) is 5.26 Å². The van der Waals surface area contributed by atoms with Crippen molar-refractivity contribution in [3.63, 3.8) is 0 Å². The number of nitrogens with zero attached hydrogens (tertiary/aromatic N) is 5. The summed E-state index contributed by atoms with van der Waals surface area (Å²) in [7, 11) is 0. The second-order valence-corrected chi connectivity index (χ2v) is 11.7. The van der Waals surface area contributed by atoms with Crippen LogP contribution in [0.15, 0.2) is 121 Å². The van der Waals surface area contributed by atoms with E-state index in [9.17, 15) is 5.26 Å². The monoisotopic (exact) mass is 555 g/mol. The lowest BCUT2D eigenvalue weighted by Crippen LogP contribution is -2.18. The molecule has 0 N–H and O–H groups in total. The minimum absolute atomic E-state index is 0.311. The Kier molecular flexibility index (Phi) is 6.33. The molecule has 0 radical (unpaired) electrons. The van der Waals surface area contributed by atoms with Crippen LogP contribution >= 0.6 is 0 Å². The summed E-state index contributed by atoms with van der Waals surface area (Å²) >= 11 is 0. The number of nitriles is 1. The van der Waals surface area contributed by atoms with Crippen molar-refractivity contribution >= 4 is 21.8 Å². The molecule has 0 fully saturated rings. The summed E-state index contributed by atoms with van der Waals surface area (Å²) in [5, 5.41) is 12.2. The SMILES string of the molecule is CC(C)(C)c1nc(-c2ccccc2)nc(-c2cc(C#N)ccc2-n2c3ccccc3c3cc(-c4ccccc4)ccc32)n1. The van der Waals surface area contributed by atoms with Crippen LogP contribution in [0, 0.1) is 11.3 Å². The number of aromatic nitrogens is 4. The Balaban J connectivity index is 1.52. The van der Waals surface area contributed by atoms with E-state index in [4.69, 9.17) is 15.0 Å². The molecule has 0 aliphatic heterocycles. The molecule has 43 heavy (non-hydrogen) atoms. The third-order valence-corrected chi connectivity index (χ3v) is 7.73. The summed E-state index contributed by atoms with van der Waals surface area (Å²) in [5.74, 6) is 1.84. The first-order valence-corrected chi connectivity index (χ1v) is 14.4. The molecule has 7 rings (SSSR count). The van der Waals surface area contributed by atoms with Crippen LogP contribution in [0.25, 0.3) is 61.4 Å². The van der Waals surface area contributed by atoms with Crippen LogP contribution in [0.2, 0.25) is 0 Å². The van der Waals surface area contributed by atoms with E-state index in [0.717, 1.165) is 44.2 Å². The fourth-order valence-corrected chi connectivity index (χ4v) is 5.57. The Bertz CT molecular complexity index is 2170. The molecule has 5 aromatic carbocycles. The molecular formula is C38H29N5. The maximum Gasteiger partial charge on any atom is 0.165 e. The van der Waals surface area contributed by atoms with Gasteiger partial charge in [-0.05, 0) is 47.5 Å². The van der Waals surface area contributed by atoms with E-state index < -0.39 is 0 Å². The van der Waals surface area contributed by atoms with Gasteiger partial charge < -0.3 is 4.57 Å². The van der Waals surface area contributed by atoms with Crippen LogP contribution in [0.3, 0.4) is 0 Å². The summed E-state index contributed by atoms with van der Waals surface area (Å²) in [6.45, 7) is 6.31. The molecule has 206 valence electrons. The summed E-state index contributed by atoms with van der Waals surface area (Å²) in [5.41, 5.74) is 7.31. The summed E-state index contributed by atoms with van der Waals surface area (Å²) < 4.78 is 2.26. The molecule has 0 saturated heterocycles. The molecule has 0 aliphatic rings. The Morgan fingerprint density at radius 1 is 0.581 bits per heavy atom. The van der Waals surface area contributed by atoms with Gasteiger partial charge in [0.25, 0.3) is 0 Å². The zero-order chi connectivity index (χ0) is 29.6. The van der Waals surface area contributed by atoms with Gasteiger partial charge in [0.1, 0.15) is 5.82 Å². The number of para-hydroxylation sites is 1. The van der Waals surface area contributed by atoms with Gasteiger partial charge >= 0.3 is 0 Å². The fraction of sp³-hybridized carbons (Fsp3) is 0.105. The van der Waals surface area contributed by atoms with Gasteiger partial charge in [-0.15, -0.1) is 0 Å². The summed E-state index contributed by atoms with van der Waals surface area (Å²) in [4.78, 5) is 14.9. The molecule has 2 aromatic heterocycles. The van der Waals surface area contributed by atoms with Crippen LogP contribution in [0.5, 0.6) is 0 Å². The van der Waals surface area contributed by atoms with E-state index in [1.54, 1.807) is 0 Å². The normalized spacial score (nSPS) is 11.6. The Morgan fingerprint density at radius 3 is 1.95 bits per heavy atom. The van der Waals surface area contributed by atoms with E-state index in [1.807, 2.05) is 54.6 Å². The largest absolute Gasteiger partial charge is 0.308 e. The van der Waals surface area contributed by atoms with Crippen molar-refractivity contribution in [3.8, 4) is 45.7 Å². The number of hydrogen-bond acceptors (Lipinski definition) is 4. The van der Waals surface area contributed by atoms with Crippen LogP contribution in [-0.2, 0) is 5.41 Å². The highest BCUT2D eigenvalue weighted by molar-refractivity contribution is 6.11. The van der Waals surface area contributed by atoms with Crippen molar-refractivity contribution in [1.82, 2.24) is 19.5 Å². The van der Waals surface area contributed by atoms with Gasteiger partial charge in [0.05, 0.1) is 28.4 Å². The quantitative estimate of drug-likeness (QED) is 0.217. The molecule has 0 amide bonds. The first kappa shape index (κ1) is 26.3. The van der Waals surface area contributed by atoms with Crippen LogP contribution in [0.4, 0.5) is 0 Å². The molecule has 0 atom stereocenters. The van der Waals surface area contributed by atoms with Crippen molar-refractivity contribution in [2.45, 2.75) is 26.2 Å². The highest BCUT2D eigenvalue weighted by Crippen LogP contribution is 2.38. The average molecular weight is 556 g/mol. The zero-order valence-corrected chi connectivity index (χ0v) is 24.3.